The highest BCUT2D eigenvalue weighted by Gasteiger charge is 2.14. The molecule has 5 heteroatoms. The monoisotopic (exact) mass is 267 g/mol. The van der Waals surface area contributed by atoms with Crippen LogP contribution in [0.1, 0.15) is 21.5 Å². The molecular weight excluding hydrogens is 250 g/mol. The lowest BCUT2D eigenvalue weighted by molar-refractivity contribution is 0.0599. The second-order valence-corrected chi connectivity index (χ2v) is 5.18. The van der Waals surface area contributed by atoms with Gasteiger partial charge in [0.25, 0.3) is 5.24 Å². The second kappa shape index (κ2) is 5.91. The van der Waals surface area contributed by atoms with E-state index in [-0.39, 0.29) is 11.2 Å². The van der Waals surface area contributed by atoms with E-state index in [1.807, 2.05) is 19.9 Å². The Bertz CT molecular complexity index is 483. The number of hydrogen-bond donors (Lipinski definition) is 0. The summed E-state index contributed by atoms with van der Waals surface area (Å²) in [7, 11) is 4.77. The van der Waals surface area contributed by atoms with Gasteiger partial charge in [0.1, 0.15) is 0 Å². The van der Waals surface area contributed by atoms with Crippen LogP contribution in [0.25, 0.3) is 0 Å². The summed E-state index contributed by atoms with van der Waals surface area (Å²) in [5, 5.41) is -0.0386. The fourth-order valence-electron chi connectivity index (χ4n) is 1.41. The van der Waals surface area contributed by atoms with Gasteiger partial charge in [-0.1, -0.05) is 0 Å². The van der Waals surface area contributed by atoms with Crippen molar-refractivity contribution < 1.29 is 14.3 Å². The van der Waals surface area contributed by atoms with Crippen LogP contribution in [0.4, 0.5) is 4.79 Å². The maximum Gasteiger partial charge on any atom is 0.338 e. The number of rotatable bonds is 2. The van der Waals surface area contributed by atoms with Crippen molar-refractivity contribution >= 4 is 23.0 Å². The number of carbonyl (C=O) groups excluding carboxylic acids is 2. The highest BCUT2D eigenvalue weighted by atomic mass is 32.2. The van der Waals surface area contributed by atoms with Gasteiger partial charge in [-0.25, -0.2) is 4.79 Å². The molecule has 0 spiro atoms. The van der Waals surface area contributed by atoms with Crippen molar-refractivity contribution in [3.05, 3.63) is 28.8 Å². The zero-order valence-electron chi connectivity index (χ0n) is 11.2. The molecule has 98 valence electrons. The number of nitrogens with zero attached hydrogens (tertiary/aromatic N) is 1. The minimum atomic E-state index is -0.355. The van der Waals surface area contributed by atoms with Gasteiger partial charge in [0.2, 0.25) is 0 Å². The Kier molecular flexibility index (Phi) is 4.78. The van der Waals surface area contributed by atoms with Crippen LogP contribution >= 0.6 is 11.8 Å². The average Bonchev–Trinajstić information content (AvgIpc) is 2.32. The van der Waals surface area contributed by atoms with Crippen molar-refractivity contribution in [1.29, 1.82) is 0 Å². The minimum absolute atomic E-state index is 0.0386. The lowest BCUT2D eigenvalue weighted by atomic mass is 10.1. The number of thioether (sulfide) groups is 1. The molecule has 4 nitrogen and oxygen atoms in total. The second-order valence-electron chi connectivity index (χ2n) is 4.19. The number of carbonyl (C=O) groups is 2. The first-order valence-corrected chi connectivity index (χ1v) is 6.27. The standard InChI is InChI=1S/C13H17NO3S/c1-8-7-11(18-13(16)14(3)4)9(2)6-10(8)12(15)17-5/h6-7H,1-5H3. The molecule has 0 saturated carbocycles. The highest BCUT2D eigenvalue weighted by molar-refractivity contribution is 8.13. The van der Waals surface area contributed by atoms with Crippen LogP contribution in [0.15, 0.2) is 17.0 Å². The van der Waals surface area contributed by atoms with Gasteiger partial charge in [-0.2, -0.15) is 0 Å². The van der Waals surface area contributed by atoms with E-state index in [2.05, 4.69) is 0 Å². The average molecular weight is 267 g/mol. The van der Waals surface area contributed by atoms with E-state index in [4.69, 9.17) is 4.74 Å². The molecule has 0 bridgehead atoms. The Balaban J connectivity index is 3.07. The van der Waals surface area contributed by atoms with Gasteiger partial charge in [-0.3, -0.25) is 4.79 Å². The molecule has 0 aliphatic heterocycles. The Labute approximate surface area is 111 Å². The Hall–Kier alpha value is -1.49. The molecule has 0 N–H and O–H groups in total. The van der Waals surface area contributed by atoms with E-state index in [1.165, 1.54) is 12.0 Å². The summed E-state index contributed by atoms with van der Waals surface area (Å²) in [6.07, 6.45) is 0. The van der Waals surface area contributed by atoms with Gasteiger partial charge in [-0.15, -0.1) is 0 Å². The molecule has 0 atom stereocenters. The van der Waals surface area contributed by atoms with Crippen LogP contribution in [0.3, 0.4) is 0 Å². The highest BCUT2D eigenvalue weighted by Crippen LogP contribution is 2.27. The van der Waals surface area contributed by atoms with Gasteiger partial charge in [0.05, 0.1) is 12.7 Å². The molecule has 0 saturated heterocycles. The lowest BCUT2D eigenvalue weighted by Crippen LogP contribution is -2.16. The molecule has 1 aromatic rings. The summed E-state index contributed by atoms with van der Waals surface area (Å²) in [4.78, 5) is 25.6. The van der Waals surface area contributed by atoms with Crippen molar-refractivity contribution in [2.24, 2.45) is 0 Å². The van der Waals surface area contributed by atoms with Crippen LogP contribution in [-0.2, 0) is 4.74 Å². The van der Waals surface area contributed by atoms with E-state index < -0.39 is 0 Å². The molecule has 0 unspecified atom stereocenters. The lowest BCUT2D eigenvalue weighted by Gasteiger charge is -2.13. The van der Waals surface area contributed by atoms with Crippen molar-refractivity contribution in [3.63, 3.8) is 0 Å². The molecule has 0 aliphatic rings. The van der Waals surface area contributed by atoms with E-state index in [9.17, 15) is 9.59 Å². The molecule has 0 heterocycles. The molecule has 1 amide bonds. The largest absolute Gasteiger partial charge is 0.465 e. The van der Waals surface area contributed by atoms with Crippen molar-refractivity contribution in [2.45, 2.75) is 18.7 Å². The van der Waals surface area contributed by atoms with Crippen molar-refractivity contribution in [2.75, 3.05) is 21.2 Å². The van der Waals surface area contributed by atoms with Crippen LogP contribution in [0.5, 0.6) is 0 Å². The zero-order chi connectivity index (χ0) is 13.9. The summed E-state index contributed by atoms with van der Waals surface area (Å²) in [6.45, 7) is 3.70. The van der Waals surface area contributed by atoms with Gasteiger partial charge in [-0.05, 0) is 48.9 Å². The first-order chi connectivity index (χ1) is 8.36. The predicted octanol–water partition coefficient (Wildman–Crippen LogP) is 2.86. The van der Waals surface area contributed by atoms with Crippen LogP contribution in [0.2, 0.25) is 0 Å². The topological polar surface area (TPSA) is 46.6 Å². The number of amides is 1. The third kappa shape index (κ3) is 3.26. The molecule has 0 fully saturated rings. The fourth-order valence-corrected chi connectivity index (χ4v) is 2.24. The predicted molar refractivity (Wildman–Crippen MR) is 72.2 cm³/mol. The van der Waals surface area contributed by atoms with Crippen molar-refractivity contribution in [3.8, 4) is 0 Å². The summed E-state index contributed by atoms with van der Waals surface area (Å²) >= 11 is 1.16. The fraction of sp³-hybridized carbons (Fsp3) is 0.385. The zero-order valence-corrected chi connectivity index (χ0v) is 12.1. The minimum Gasteiger partial charge on any atom is -0.465 e. The van der Waals surface area contributed by atoms with Crippen LogP contribution < -0.4 is 0 Å². The smallest absolute Gasteiger partial charge is 0.338 e. The maximum atomic E-state index is 11.6. The normalized spacial score (nSPS) is 10.1. The first-order valence-electron chi connectivity index (χ1n) is 5.45. The quantitative estimate of drug-likeness (QED) is 0.610. The van der Waals surface area contributed by atoms with E-state index >= 15 is 0 Å². The van der Waals surface area contributed by atoms with E-state index in [0.29, 0.717) is 5.56 Å². The molecule has 0 aliphatic carbocycles. The summed E-state index contributed by atoms with van der Waals surface area (Å²) in [6, 6.07) is 3.60. The molecule has 0 aromatic heterocycles. The SMILES string of the molecule is COC(=O)c1cc(C)c(SC(=O)N(C)C)cc1C. The van der Waals surface area contributed by atoms with E-state index in [1.54, 1.807) is 20.2 Å². The Morgan fingerprint density at radius 2 is 1.78 bits per heavy atom. The third-order valence-electron chi connectivity index (χ3n) is 2.49. The van der Waals surface area contributed by atoms with E-state index in [0.717, 1.165) is 27.8 Å². The Morgan fingerprint density at radius 1 is 1.17 bits per heavy atom. The van der Waals surface area contributed by atoms with Crippen LogP contribution in [-0.4, -0.2) is 37.3 Å². The summed E-state index contributed by atoms with van der Waals surface area (Å²) in [5.74, 6) is -0.355. The molecule has 1 rings (SSSR count). The first kappa shape index (κ1) is 14.6. The number of ether oxygens (including phenoxy) is 1. The number of benzene rings is 1. The molecule has 0 radical (unpaired) electrons. The van der Waals surface area contributed by atoms with Gasteiger partial charge in [0, 0.05) is 19.0 Å². The molecular formula is C13H17NO3S. The van der Waals surface area contributed by atoms with Crippen LogP contribution in [0, 0.1) is 13.8 Å². The number of methoxy groups -OCH3 is 1. The summed E-state index contributed by atoms with van der Waals surface area (Å²) in [5.41, 5.74) is 2.24. The van der Waals surface area contributed by atoms with Gasteiger partial charge >= 0.3 is 5.97 Å². The Morgan fingerprint density at radius 3 is 2.28 bits per heavy atom. The molecule has 1 aromatic carbocycles. The van der Waals surface area contributed by atoms with Crippen molar-refractivity contribution in [1.82, 2.24) is 4.90 Å². The summed E-state index contributed by atoms with van der Waals surface area (Å²) < 4.78 is 4.71. The third-order valence-corrected chi connectivity index (χ3v) is 3.69. The maximum absolute atomic E-state index is 11.6. The molecule has 18 heavy (non-hydrogen) atoms. The number of esters is 1. The number of hydrogen-bond acceptors (Lipinski definition) is 4. The van der Waals surface area contributed by atoms with Gasteiger partial charge in [0.15, 0.2) is 0 Å². The van der Waals surface area contributed by atoms with Gasteiger partial charge < -0.3 is 9.64 Å². The number of aryl methyl sites for hydroxylation is 2.